The number of amides is 3. The standard InChI is InChI=1S/C15H19N3O4/c19-14(8-16-15(20)18-10-3-1-2-4-10)17-11-5-6-12-13(7-11)22-9-21-12/h5-7,10H,1-4,8-9H2,(H,17,19)(H2,16,18,20). The molecule has 3 rings (SSSR count). The number of carbonyl (C=O) groups excluding carboxylic acids is 2. The maximum absolute atomic E-state index is 11.8. The van der Waals surface area contributed by atoms with E-state index in [-0.39, 0.29) is 31.3 Å². The van der Waals surface area contributed by atoms with Crippen LogP contribution < -0.4 is 25.4 Å². The summed E-state index contributed by atoms with van der Waals surface area (Å²) in [6.45, 7) is 0.114. The number of fused-ring (bicyclic) bond motifs is 1. The highest BCUT2D eigenvalue weighted by atomic mass is 16.7. The molecule has 1 heterocycles. The van der Waals surface area contributed by atoms with Gasteiger partial charge in [-0.2, -0.15) is 0 Å². The average molecular weight is 305 g/mol. The zero-order valence-electron chi connectivity index (χ0n) is 12.2. The van der Waals surface area contributed by atoms with Crippen LogP contribution in [0, 0.1) is 0 Å². The first-order valence-electron chi connectivity index (χ1n) is 7.44. The predicted molar refractivity (Wildman–Crippen MR) is 80.0 cm³/mol. The van der Waals surface area contributed by atoms with Crippen molar-refractivity contribution >= 4 is 17.6 Å². The van der Waals surface area contributed by atoms with Gasteiger partial charge in [0, 0.05) is 17.8 Å². The lowest BCUT2D eigenvalue weighted by Crippen LogP contribution is -2.43. The molecule has 118 valence electrons. The average Bonchev–Trinajstić information content (AvgIpc) is 3.15. The van der Waals surface area contributed by atoms with E-state index in [1.807, 2.05) is 0 Å². The predicted octanol–water partition coefficient (Wildman–Crippen LogP) is 1.60. The van der Waals surface area contributed by atoms with Crippen molar-refractivity contribution in [2.24, 2.45) is 0 Å². The van der Waals surface area contributed by atoms with Crippen molar-refractivity contribution in [3.05, 3.63) is 18.2 Å². The van der Waals surface area contributed by atoms with Gasteiger partial charge in [0.1, 0.15) is 0 Å². The van der Waals surface area contributed by atoms with E-state index in [0.29, 0.717) is 17.2 Å². The van der Waals surface area contributed by atoms with Gasteiger partial charge in [0.25, 0.3) is 0 Å². The molecule has 7 heteroatoms. The Labute approximate surface area is 128 Å². The summed E-state index contributed by atoms with van der Waals surface area (Å²) < 4.78 is 10.4. The summed E-state index contributed by atoms with van der Waals surface area (Å²) in [6, 6.07) is 5.09. The fraction of sp³-hybridized carbons (Fsp3) is 0.467. The van der Waals surface area contributed by atoms with Crippen molar-refractivity contribution in [1.82, 2.24) is 10.6 Å². The third-order valence-electron chi connectivity index (χ3n) is 3.76. The molecule has 3 amide bonds. The van der Waals surface area contributed by atoms with E-state index < -0.39 is 0 Å². The van der Waals surface area contributed by atoms with Crippen LogP contribution in [0.4, 0.5) is 10.5 Å². The van der Waals surface area contributed by atoms with Crippen LogP contribution in [0.1, 0.15) is 25.7 Å². The molecule has 7 nitrogen and oxygen atoms in total. The molecule has 0 saturated heterocycles. The first-order valence-corrected chi connectivity index (χ1v) is 7.44. The summed E-state index contributed by atoms with van der Waals surface area (Å²) in [5.41, 5.74) is 0.604. The first kappa shape index (κ1) is 14.5. The SMILES string of the molecule is O=C(CNC(=O)NC1CCCC1)Nc1ccc2c(c1)OCO2. The minimum atomic E-state index is -0.298. The number of rotatable bonds is 4. The minimum absolute atomic E-state index is 0.0764. The monoisotopic (exact) mass is 305 g/mol. The summed E-state index contributed by atoms with van der Waals surface area (Å²) in [6.07, 6.45) is 4.32. The molecule has 1 aromatic carbocycles. The number of hydrogen-bond donors (Lipinski definition) is 3. The quantitative estimate of drug-likeness (QED) is 0.788. The van der Waals surface area contributed by atoms with E-state index in [4.69, 9.17) is 9.47 Å². The Bertz CT molecular complexity index is 570. The number of ether oxygens (including phenoxy) is 2. The molecule has 1 aliphatic carbocycles. The van der Waals surface area contributed by atoms with Crippen molar-refractivity contribution in [3.8, 4) is 11.5 Å². The maximum atomic E-state index is 11.8. The zero-order chi connectivity index (χ0) is 15.4. The second-order valence-corrected chi connectivity index (χ2v) is 5.42. The van der Waals surface area contributed by atoms with E-state index in [0.717, 1.165) is 25.7 Å². The fourth-order valence-corrected chi connectivity index (χ4v) is 2.65. The van der Waals surface area contributed by atoms with Crippen molar-refractivity contribution in [2.75, 3.05) is 18.7 Å². The second kappa shape index (κ2) is 6.55. The molecule has 1 fully saturated rings. The highest BCUT2D eigenvalue weighted by Crippen LogP contribution is 2.34. The summed E-state index contributed by atoms with van der Waals surface area (Å²) in [5, 5.41) is 8.13. The van der Waals surface area contributed by atoms with E-state index >= 15 is 0 Å². The fourth-order valence-electron chi connectivity index (χ4n) is 2.65. The lowest BCUT2D eigenvalue weighted by atomic mass is 10.2. The summed E-state index contributed by atoms with van der Waals surface area (Å²) in [5.74, 6) is 0.970. The van der Waals surface area contributed by atoms with Crippen molar-refractivity contribution in [2.45, 2.75) is 31.7 Å². The van der Waals surface area contributed by atoms with Gasteiger partial charge in [-0.05, 0) is 25.0 Å². The van der Waals surface area contributed by atoms with Crippen LogP contribution in [0.25, 0.3) is 0 Å². The summed E-state index contributed by atoms with van der Waals surface area (Å²) in [4.78, 5) is 23.5. The molecule has 0 radical (unpaired) electrons. The van der Waals surface area contributed by atoms with Gasteiger partial charge in [-0.25, -0.2) is 4.79 Å². The molecule has 22 heavy (non-hydrogen) atoms. The number of anilines is 1. The topological polar surface area (TPSA) is 88.7 Å². The van der Waals surface area contributed by atoms with Crippen LogP contribution in [0.15, 0.2) is 18.2 Å². The van der Waals surface area contributed by atoms with Crippen molar-refractivity contribution in [3.63, 3.8) is 0 Å². The number of carbonyl (C=O) groups is 2. The normalized spacial score (nSPS) is 16.4. The minimum Gasteiger partial charge on any atom is -0.454 e. The number of hydrogen-bond acceptors (Lipinski definition) is 4. The largest absolute Gasteiger partial charge is 0.454 e. The highest BCUT2D eigenvalue weighted by molar-refractivity contribution is 5.94. The molecule has 1 aromatic rings. The smallest absolute Gasteiger partial charge is 0.315 e. The Morgan fingerprint density at radius 1 is 1.14 bits per heavy atom. The van der Waals surface area contributed by atoms with Crippen LogP contribution in [0.5, 0.6) is 11.5 Å². The van der Waals surface area contributed by atoms with Crippen molar-refractivity contribution in [1.29, 1.82) is 0 Å². The lowest BCUT2D eigenvalue weighted by Gasteiger charge is -2.13. The Morgan fingerprint density at radius 3 is 2.73 bits per heavy atom. The van der Waals surface area contributed by atoms with E-state index in [9.17, 15) is 9.59 Å². The van der Waals surface area contributed by atoms with Crippen LogP contribution in [-0.4, -0.2) is 31.3 Å². The highest BCUT2D eigenvalue weighted by Gasteiger charge is 2.17. The van der Waals surface area contributed by atoms with Crippen molar-refractivity contribution < 1.29 is 19.1 Å². The van der Waals surface area contributed by atoms with Gasteiger partial charge in [-0.3, -0.25) is 4.79 Å². The Morgan fingerprint density at radius 2 is 1.91 bits per heavy atom. The Hall–Kier alpha value is -2.44. The molecular weight excluding hydrogens is 286 g/mol. The summed E-state index contributed by atoms with van der Waals surface area (Å²) in [7, 11) is 0. The second-order valence-electron chi connectivity index (χ2n) is 5.42. The molecular formula is C15H19N3O4. The van der Waals surface area contributed by atoms with Gasteiger partial charge in [0.2, 0.25) is 12.7 Å². The Kier molecular flexibility index (Phi) is 4.32. The van der Waals surface area contributed by atoms with Crippen LogP contribution in [0.3, 0.4) is 0 Å². The van der Waals surface area contributed by atoms with Crippen LogP contribution in [-0.2, 0) is 4.79 Å². The lowest BCUT2D eigenvalue weighted by molar-refractivity contribution is -0.115. The third kappa shape index (κ3) is 3.60. The van der Waals surface area contributed by atoms with E-state index in [1.54, 1.807) is 18.2 Å². The van der Waals surface area contributed by atoms with Gasteiger partial charge in [0.15, 0.2) is 11.5 Å². The van der Waals surface area contributed by atoms with Crippen LogP contribution >= 0.6 is 0 Å². The molecule has 1 saturated carbocycles. The molecule has 1 aliphatic heterocycles. The Balaban J connectivity index is 1.43. The number of urea groups is 1. The maximum Gasteiger partial charge on any atom is 0.315 e. The van der Waals surface area contributed by atoms with E-state index in [1.165, 1.54) is 0 Å². The molecule has 0 atom stereocenters. The van der Waals surface area contributed by atoms with Gasteiger partial charge in [-0.1, -0.05) is 12.8 Å². The molecule has 0 aromatic heterocycles. The van der Waals surface area contributed by atoms with Gasteiger partial charge >= 0.3 is 6.03 Å². The first-order chi connectivity index (χ1) is 10.7. The molecule has 0 unspecified atom stereocenters. The molecule has 2 aliphatic rings. The molecule has 0 spiro atoms. The number of nitrogens with one attached hydrogen (secondary N) is 3. The molecule has 0 bridgehead atoms. The zero-order valence-corrected chi connectivity index (χ0v) is 12.2. The van der Waals surface area contributed by atoms with Gasteiger partial charge in [-0.15, -0.1) is 0 Å². The number of benzene rings is 1. The van der Waals surface area contributed by atoms with Gasteiger partial charge < -0.3 is 25.4 Å². The van der Waals surface area contributed by atoms with E-state index in [2.05, 4.69) is 16.0 Å². The molecule has 3 N–H and O–H groups in total. The summed E-state index contributed by atoms with van der Waals surface area (Å²) >= 11 is 0. The van der Waals surface area contributed by atoms with Crippen LogP contribution in [0.2, 0.25) is 0 Å². The van der Waals surface area contributed by atoms with Gasteiger partial charge in [0.05, 0.1) is 6.54 Å². The third-order valence-corrected chi connectivity index (χ3v) is 3.76.